The molecule has 0 saturated carbocycles. The van der Waals surface area contributed by atoms with E-state index in [-0.39, 0.29) is 12.3 Å². The van der Waals surface area contributed by atoms with Crippen LogP contribution >= 0.6 is 11.3 Å². The number of carbonyl (C=O) groups excluding carboxylic acids is 1. The van der Waals surface area contributed by atoms with Crippen LogP contribution in [-0.2, 0) is 11.2 Å². The first kappa shape index (κ1) is 15.0. The fourth-order valence-electron chi connectivity index (χ4n) is 2.00. The number of nitrogens with zero attached hydrogens (tertiary/aromatic N) is 2. The van der Waals surface area contributed by atoms with Gasteiger partial charge in [-0.2, -0.15) is 16.3 Å². The summed E-state index contributed by atoms with van der Waals surface area (Å²) in [6.45, 7) is 0. The van der Waals surface area contributed by atoms with Crippen LogP contribution in [0, 0.1) is 12.3 Å². The number of carbonyl (C=O) groups is 1. The quantitative estimate of drug-likeness (QED) is 0.731. The van der Waals surface area contributed by atoms with Crippen LogP contribution < -0.4 is 5.32 Å². The molecular weight excluding hydrogens is 310 g/mol. The molecule has 0 aliphatic carbocycles. The maximum Gasteiger partial charge on any atom is 0.227 e. The summed E-state index contributed by atoms with van der Waals surface area (Å²) < 4.78 is 5.16. The van der Waals surface area contributed by atoms with Gasteiger partial charge in [0.15, 0.2) is 0 Å². The highest BCUT2D eigenvalue weighted by molar-refractivity contribution is 7.08. The molecule has 0 atom stereocenters. The van der Waals surface area contributed by atoms with Gasteiger partial charge in [0.2, 0.25) is 17.6 Å². The summed E-state index contributed by atoms with van der Waals surface area (Å²) in [6, 6.07) is 9.07. The Morgan fingerprint density at radius 2 is 2.30 bits per heavy atom. The summed E-state index contributed by atoms with van der Waals surface area (Å²) in [6.07, 6.45) is 5.98. The molecule has 5 nitrogen and oxygen atoms in total. The molecule has 3 rings (SSSR count). The lowest BCUT2D eigenvalue weighted by Crippen LogP contribution is -2.12. The van der Waals surface area contributed by atoms with E-state index in [0.717, 1.165) is 11.1 Å². The molecule has 0 aliphatic rings. The predicted octanol–water partition coefficient (Wildman–Crippen LogP) is 3.35. The number of rotatable bonds is 5. The highest BCUT2D eigenvalue weighted by Gasteiger charge is 2.11. The van der Waals surface area contributed by atoms with E-state index in [4.69, 9.17) is 10.9 Å². The normalized spacial score (nSPS) is 10.2. The molecular formula is C17H13N3O2S. The SMILES string of the molecule is C#Cc1cccc(NC(=O)CCc2nc(-c3ccsc3)no2)c1. The minimum atomic E-state index is -0.130. The summed E-state index contributed by atoms with van der Waals surface area (Å²) in [5.41, 5.74) is 2.32. The standard InChI is InChI=1S/C17H13N3O2S/c1-2-12-4-3-5-14(10-12)18-15(21)6-7-16-19-17(20-22-16)13-8-9-23-11-13/h1,3-5,8-11H,6-7H2,(H,18,21). The number of hydrogen-bond donors (Lipinski definition) is 1. The Morgan fingerprint density at radius 1 is 1.39 bits per heavy atom. The molecule has 0 spiro atoms. The van der Waals surface area contributed by atoms with Crippen molar-refractivity contribution in [3.63, 3.8) is 0 Å². The van der Waals surface area contributed by atoms with E-state index < -0.39 is 0 Å². The van der Waals surface area contributed by atoms with Gasteiger partial charge in [0, 0.05) is 35.0 Å². The highest BCUT2D eigenvalue weighted by Crippen LogP contribution is 2.19. The number of aryl methyl sites for hydroxylation is 1. The number of nitrogens with one attached hydrogen (secondary N) is 1. The second-order valence-electron chi connectivity index (χ2n) is 4.80. The minimum Gasteiger partial charge on any atom is -0.339 e. The highest BCUT2D eigenvalue weighted by atomic mass is 32.1. The van der Waals surface area contributed by atoms with Gasteiger partial charge in [-0.25, -0.2) is 0 Å². The molecule has 3 aromatic rings. The molecule has 2 aromatic heterocycles. The number of amides is 1. The Hall–Kier alpha value is -2.91. The third-order valence-electron chi connectivity index (χ3n) is 3.13. The van der Waals surface area contributed by atoms with E-state index in [1.54, 1.807) is 35.6 Å². The van der Waals surface area contributed by atoms with E-state index in [9.17, 15) is 4.79 Å². The number of hydrogen-bond acceptors (Lipinski definition) is 5. The van der Waals surface area contributed by atoms with Gasteiger partial charge in [0.25, 0.3) is 0 Å². The lowest BCUT2D eigenvalue weighted by molar-refractivity contribution is -0.116. The molecule has 0 radical (unpaired) electrons. The van der Waals surface area contributed by atoms with Gasteiger partial charge in [-0.05, 0) is 29.6 Å². The molecule has 1 N–H and O–H groups in total. The molecule has 0 unspecified atom stereocenters. The van der Waals surface area contributed by atoms with Crippen molar-refractivity contribution < 1.29 is 9.32 Å². The van der Waals surface area contributed by atoms with E-state index in [1.165, 1.54) is 0 Å². The Balaban J connectivity index is 1.56. The first-order valence-corrected chi connectivity index (χ1v) is 7.90. The van der Waals surface area contributed by atoms with Gasteiger partial charge in [-0.1, -0.05) is 17.1 Å². The molecule has 1 amide bonds. The molecule has 114 valence electrons. The van der Waals surface area contributed by atoms with Crippen molar-refractivity contribution in [1.29, 1.82) is 0 Å². The maximum absolute atomic E-state index is 12.0. The molecule has 2 heterocycles. The monoisotopic (exact) mass is 323 g/mol. The number of aromatic nitrogens is 2. The number of thiophene rings is 1. The zero-order valence-electron chi connectivity index (χ0n) is 12.2. The summed E-state index contributed by atoms with van der Waals surface area (Å²) >= 11 is 1.57. The van der Waals surface area contributed by atoms with Crippen molar-refractivity contribution >= 4 is 22.9 Å². The zero-order chi connectivity index (χ0) is 16.1. The fourth-order valence-corrected chi connectivity index (χ4v) is 2.63. The molecule has 0 saturated heterocycles. The molecule has 0 aliphatic heterocycles. The van der Waals surface area contributed by atoms with Crippen molar-refractivity contribution in [2.45, 2.75) is 12.8 Å². The average molecular weight is 323 g/mol. The lowest BCUT2D eigenvalue weighted by Gasteiger charge is -2.04. The summed E-state index contributed by atoms with van der Waals surface area (Å²) in [5.74, 6) is 3.39. The van der Waals surface area contributed by atoms with Crippen LogP contribution in [-0.4, -0.2) is 16.0 Å². The first-order chi connectivity index (χ1) is 11.2. The van der Waals surface area contributed by atoms with Crippen LogP contribution in [0.15, 0.2) is 45.6 Å². The largest absolute Gasteiger partial charge is 0.339 e. The summed E-state index contributed by atoms with van der Waals surface area (Å²) in [7, 11) is 0. The summed E-state index contributed by atoms with van der Waals surface area (Å²) in [4.78, 5) is 16.3. The Morgan fingerprint density at radius 3 is 3.09 bits per heavy atom. The second-order valence-corrected chi connectivity index (χ2v) is 5.58. The van der Waals surface area contributed by atoms with E-state index in [2.05, 4.69) is 21.4 Å². The van der Waals surface area contributed by atoms with Gasteiger partial charge < -0.3 is 9.84 Å². The Labute approximate surface area is 137 Å². The zero-order valence-corrected chi connectivity index (χ0v) is 13.0. The fraction of sp³-hybridized carbons (Fsp3) is 0.118. The van der Waals surface area contributed by atoms with Gasteiger partial charge >= 0.3 is 0 Å². The topological polar surface area (TPSA) is 68.0 Å². The van der Waals surface area contributed by atoms with Crippen LogP contribution in [0.5, 0.6) is 0 Å². The van der Waals surface area contributed by atoms with Crippen molar-refractivity contribution in [1.82, 2.24) is 10.1 Å². The minimum absolute atomic E-state index is 0.130. The first-order valence-electron chi connectivity index (χ1n) is 6.96. The molecule has 6 heteroatoms. The van der Waals surface area contributed by atoms with Crippen LogP contribution in [0.2, 0.25) is 0 Å². The molecule has 0 bridgehead atoms. The number of anilines is 1. The van der Waals surface area contributed by atoms with Crippen LogP contribution in [0.4, 0.5) is 5.69 Å². The molecule has 1 aromatic carbocycles. The second kappa shape index (κ2) is 6.90. The van der Waals surface area contributed by atoms with Crippen molar-refractivity contribution in [3.8, 4) is 23.7 Å². The third kappa shape index (κ3) is 3.84. The van der Waals surface area contributed by atoms with Crippen molar-refractivity contribution in [3.05, 3.63) is 52.5 Å². The molecule has 0 fully saturated rings. The van der Waals surface area contributed by atoms with Gasteiger partial charge in [-0.3, -0.25) is 4.79 Å². The lowest BCUT2D eigenvalue weighted by atomic mass is 10.2. The van der Waals surface area contributed by atoms with Gasteiger partial charge in [0.05, 0.1) is 0 Å². The van der Waals surface area contributed by atoms with Crippen LogP contribution in [0.3, 0.4) is 0 Å². The van der Waals surface area contributed by atoms with E-state index in [1.807, 2.05) is 16.8 Å². The average Bonchev–Trinajstić information content (AvgIpc) is 3.24. The van der Waals surface area contributed by atoms with E-state index in [0.29, 0.717) is 23.8 Å². The summed E-state index contributed by atoms with van der Waals surface area (Å²) in [5, 5.41) is 10.6. The molecule has 23 heavy (non-hydrogen) atoms. The van der Waals surface area contributed by atoms with Crippen LogP contribution in [0.1, 0.15) is 17.9 Å². The van der Waals surface area contributed by atoms with E-state index >= 15 is 0 Å². The predicted molar refractivity (Wildman–Crippen MR) is 88.9 cm³/mol. The Bertz CT molecular complexity index is 847. The van der Waals surface area contributed by atoms with Crippen LogP contribution in [0.25, 0.3) is 11.4 Å². The third-order valence-corrected chi connectivity index (χ3v) is 3.81. The van der Waals surface area contributed by atoms with Gasteiger partial charge in [-0.15, -0.1) is 6.42 Å². The van der Waals surface area contributed by atoms with Gasteiger partial charge in [0.1, 0.15) is 0 Å². The van der Waals surface area contributed by atoms with Crippen molar-refractivity contribution in [2.75, 3.05) is 5.32 Å². The maximum atomic E-state index is 12.0. The number of benzene rings is 1. The number of terminal acetylenes is 1. The van der Waals surface area contributed by atoms with Crippen molar-refractivity contribution in [2.24, 2.45) is 0 Å². The smallest absolute Gasteiger partial charge is 0.227 e. The Kier molecular flexibility index (Phi) is 4.50.